The van der Waals surface area contributed by atoms with Gasteiger partial charge in [0.15, 0.2) is 0 Å². The van der Waals surface area contributed by atoms with Gasteiger partial charge in [0.2, 0.25) is 0 Å². The van der Waals surface area contributed by atoms with E-state index in [0.29, 0.717) is 11.8 Å². The molecule has 3 heteroatoms. The second-order valence-electron chi connectivity index (χ2n) is 3.57. The summed E-state index contributed by atoms with van der Waals surface area (Å²) in [7, 11) is 0. The first-order valence-corrected chi connectivity index (χ1v) is 5.48. The van der Waals surface area contributed by atoms with E-state index >= 15 is 0 Å². The summed E-state index contributed by atoms with van der Waals surface area (Å²) in [4.78, 5) is 0. The molecule has 0 aromatic heterocycles. The number of aliphatic hydroxyl groups is 1. The van der Waals surface area contributed by atoms with Crippen LogP contribution in [0.5, 0.6) is 0 Å². The van der Waals surface area contributed by atoms with Crippen LogP contribution >= 0.6 is 23.4 Å². The SMILES string of the molecule is CC1(C)SCCC1C(O)CCl. The third kappa shape index (κ3) is 2.04. The second kappa shape index (κ2) is 3.55. The highest BCUT2D eigenvalue weighted by Crippen LogP contribution is 2.44. The van der Waals surface area contributed by atoms with Crippen LogP contribution in [0.3, 0.4) is 0 Å². The van der Waals surface area contributed by atoms with E-state index in [0.717, 1.165) is 12.2 Å². The molecule has 1 rings (SSSR count). The van der Waals surface area contributed by atoms with E-state index in [2.05, 4.69) is 13.8 Å². The van der Waals surface area contributed by atoms with Crippen molar-refractivity contribution in [2.24, 2.45) is 5.92 Å². The van der Waals surface area contributed by atoms with Gasteiger partial charge in [-0.05, 0) is 12.2 Å². The van der Waals surface area contributed by atoms with Crippen LogP contribution in [-0.2, 0) is 0 Å². The zero-order chi connectivity index (χ0) is 8.48. The molecule has 1 fully saturated rings. The molecular weight excluding hydrogens is 180 g/mol. The summed E-state index contributed by atoms with van der Waals surface area (Å²) in [6, 6.07) is 0. The molecule has 0 aliphatic carbocycles. The van der Waals surface area contributed by atoms with Gasteiger partial charge >= 0.3 is 0 Å². The van der Waals surface area contributed by atoms with Crippen molar-refractivity contribution < 1.29 is 5.11 Å². The predicted octanol–water partition coefficient (Wildman–Crippen LogP) is 2.12. The number of aliphatic hydroxyl groups excluding tert-OH is 1. The Balaban J connectivity index is 2.57. The maximum Gasteiger partial charge on any atom is 0.0716 e. The van der Waals surface area contributed by atoms with E-state index in [1.165, 1.54) is 0 Å². The van der Waals surface area contributed by atoms with Crippen molar-refractivity contribution in [2.75, 3.05) is 11.6 Å². The first-order chi connectivity index (χ1) is 5.08. The lowest BCUT2D eigenvalue weighted by molar-refractivity contribution is 0.114. The molecule has 1 aliphatic heterocycles. The van der Waals surface area contributed by atoms with Crippen molar-refractivity contribution >= 4 is 23.4 Å². The number of hydrogen-bond donors (Lipinski definition) is 1. The lowest BCUT2D eigenvalue weighted by Crippen LogP contribution is -2.33. The smallest absolute Gasteiger partial charge is 0.0716 e. The molecule has 2 atom stereocenters. The first-order valence-electron chi connectivity index (χ1n) is 3.96. The van der Waals surface area contributed by atoms with Crippen molar-refractivity contribution in [2.45, 2.75) is 31.1 Å². The third-order valence-electron chi connectivity index (χ3n) is 2.42. The highest BCUT2D eigenvalue weighted by Gasteiger charge is 2.39. The van der Waals surface area contributed by atoms with Gasteiger partial charge in [-0.1, -0.05) is 13.8 Å². The monoisotopic (exact) mass is 194 g/mol. The van der Waals surface area contributed by atoms with Gasteiger partial charge in [-0.3, -0.25) is 0 Å². The molecule has 0 bridgehead atoms. The van der Waals surface area contributed by atoms with Crippen LogP contribution in [0.2, 0.25) is 0 Å². The van der Waals surface area contributed by atoms with Gasteiger partial charge in [-0.15, -0.1) is 11.6 Å². The summed E-state index contributed by atoms with van der Waals surface area (Å²) < 4.78 is 0.217. The van der Waals surface area contributed by atoms with Crippen LogP contribution in [0.25, 0.3) is 0 Å². The van der Waals surface area contributed by atoms with Crippen molar-refractivity contribution in [3.8, 4) is 0 Å². The molecule has 0 radical (unpaired) electrons. The molecule has 0 saturated carbocycles. The fourth-order valence-corrected chi connectivity index (χ4v) is 3.27. The van der Waals surface area contributed by atoms with Crippen molar-refractivity contribution in [1.82, 2.24) is 0 Å². The zero-order valence-corrected chi connectivity index (χ0v) is 8.58. The van der Waals surface area contributed by atoms with Crippen molar-refractivity contribution in [1.29, 1.82) is 0 Å². The summed E-state index contributed by atoms with van der Waals surface area (Å²) in [5.74, 6) is 1.91. The second-order valence-corrected chi connectivity index (χ2v) is 5.63. The molecule has 1 N–H and O–H groups in total. The Morgan fingerprint density at radius 3 is 2.73 bits per heavy atom. The number of hydrogen-bond acceptors (Lipinski definition) is 2. The minimum atomic E-state index is -0.318. The predicted molar refractivity (Wildman–Crippen MR) is 51.4 cm³/mol. The van der Waals surface area contributed by atoms with Gasteiger partial charge in [-0.2, -0.15) is 11.8 Å². The first kappa shape index (κ1) is 9.69. The number of halogens is 1. The molecule has 1 saturated heterocycles. The van der Waals surface area contributed by atoms with E-state index in [1.807, 2.05) is 11.8 Å². The topological polar surface area (TPSA) is 20.2 Å². The van der Waals surface area contributed by atoms with Crippen LogP contribution in [0.1, 0.15) is 20.3 Å². The Hall–Kier alpha value is 0.600. The average Bonchev–Trinajstić information content (AvgIpc) is 2.28. The van der Waals surface area contributed by atoms with E-state index in [9.17, 15) is 5.11 Å². The zero-order valence-electron chi connectivity index (χ0n) is 7.01. The Labute approximate surface area is 77.5 Å². The van der Waals surface area contributed by atoms with E-state index in [4.69, 9.17) is 11.6 Å². The van der Waals surface area contributed by atoms with Gasteiger partial charge in [0, 0.05) is 16.5 Å². The van der Waals surface area contributed by atoms with Crippen LogP contribution < -0.4 is 0 Å². The van der Waals surface area contributed by atoms with Crippen LogP contribution in [-0.4, -0.2) is 27.6 Å². The van der Waals surface area contributed by atoms with Crippen LogP contribution in [0, 0.1) is 5.92 Å². The fraction of sp³-hybridized carbons (Fsp3) is 1.00. The maximum absolute atomic E-state index is 9.55. The molecule has 1 nitrogen and oxygen atoms in total. The third-order valence-corrected chi connectivity index (χ3v) is 4.22. The summed E-state index contributed by atoms with van der Waals surface area (Å²) in [5.41, 5.74) is 0. The van der Waals surface area contributed by atoms with E-state index in [1.54, 1.807) is 0 Å². The van der Waals surface area contributed by atoms with Crippen LogP contribution in [0.15, 0.2) is 0 Å². The Morgan fingerprint density at radius 1 is 1.73 bits per heavy atom. The molecule has 0 amide bonds. The lowest BCUT2D eigenvalue weighted by atomic mass is 9.88. The van der Waals surface area contributed by atoms with Gasteiger partial charge in [0.25, 0.3) is 0 Å². The quantitative estimate of drug-likeness (QED) is 0.680. The number of rotatable bonds is 2. The van der Waals surface area contributed by atoms with Gasteiger partial charge in [-0.25, -0.2) is 0 Å². The minimum Gasteiger partial charge on any atom is -0.392 e. The summed E-state index contributed by atoms with van der Waals surface area (Å²) in [6.07, 6.45) is 0.785. The molecule has 0 spiro atoms. The van der Waals surface area contributed by atoms with Crippen LogP contribution in [0.4, 0.5) is 0 Å². The molecule has 66 valence electrons. The van der Waals surface area contributed by atoms with Crippen molar-refractivity contribution in [3.63, 3.8) is 0 Å². The fourth-order valence-electron chi connectivity index (χ4n) is 1.67. The molecule has 1 heterocycles. The average molecular weight is 195 g/mol. The van der Waals surface area contributed by atoms with E-state index in [-0.39, 0.29) is 10.9 Å². The molecular formula is C8H15ClOS. The summed E-state index contributed by atoms with van der Waals surface area (Å²) >= 11 is 7.53. The standard InChI is InChI=1S/C8H15ClOS/c1-8(2)6(3-4-11-8)7(10)5-9/h6-7,10H,3-5H2,1-2H3. The van der Waals surface area contributed by atoms with Gasteiger partial charge < -0.3 is 5.11 Å². The Kier molecular flexibility index (Phi) is 3.12. The maximum atomic E-state index is 9.55. The largest absolute Gasteiger partial charge is 0.392 e. The molecule has 0 aromatic carbocycles. The highest BCUT2D eigenvalue weighted by molar-refractivity contribution is 8.00. The Morgan fingerprint density at radius 2 is 2.36 bits per heavy atom. The lowest BCUT2D eigenvalue weighted by Gasteiger charge is -2.28. The number of alkyl halides is 1. The summed E-state index contributed by atoms with van der Waals surface area (Å²) in [6.45, 7) is 4.37. The molecule has 2 unspecified atom stereocenters. The molecule has 1 aliphatic rings. The molecule has 0 aromatic rings. The van der Waals surface area contributed by atoms with E-state index < -0.39 is 0 Å². The normalized spacial score (nSPS) is 32.2. The van der Waals surface area contributed by atoms with Gasteiger partial charge in [0.1, 0.15) is 0 Å². The van der Waals surface area contributed by atoms with Gasteiger partial charge in [0.05, 0.1) is 6.10 Å². The van der Waals surface area contributed by atoms with Crippen molar-refractivity contribution in [3.05, 3.63) is 0 Å². The Bertz CT molecular complexity index is 138. The highest BCUT2D eigenvalue weighted by atomic mass is 35.5. The summed E-state index contributed by atoms with van der Waals surface area (Å²) in [5, 5.41) is 9.55. The number of thioether (sulfide) groups is 1. The molecule has 11 heavy (non-hydrogen) atoms. The minimum absolute atomic E-state index is 0.217.